The molecule has 1 aromatic heterocycles. The first-order valence-electron chi connectivity index (χ1n) is 5.84. The molecule has 2 N–H and O–H groups in total. The van der Waals surface area contributed by atoms with E-state index in [1.807, 2.05) is 31.2 Å². The van der Waals surface area contributed by atoms with Gasteiger partial charge < -0.3 is 10.5 Å². The number of halogens is 1. The third-order valence-corrected chi connectivity index (χ3v) is 3.06. The van der Waals surface area contributed by atoms with Crippen LogP contribution in [-0.4, -0.2) is 15.7 Å². The zero-order valence-electron chi connectivity index (χ0n) is 10.5. The van der Waals surface area contributed by atoms with Gasteiger partial charge in [-0.25, -0.2) is 4.79 Å². The monoisotopic (exact) mass is 323 g/mol. The number of nitrogens with zero attached hydrogens (tertiary/aromatic N) is 2. The Morgan fingerprint density at radius 3 is 2.95 bits per heavy atom. The predicted octanol–water partition coefficient (Wildman–Crippen LogP) is 2.60. The molecule has 6 heteroatoms. The van der Waals surface area contributed by atoms with E-state index in [1.54, 1.807) is 10.9 Å². The van der Waals surface area contributed by atoms with E-state index in [2.05, 4.69) is 21.0 Å². The van der Waals surface area contributed by atoms with Crippen LogP contribution in [0.5, 0.6) is 0 Å². The number of aromatic nitrogens is 2. The van der Waals surface area contributed by atoms with E-state index in [-0.39, 0.29) is 12.3 Å². The fourth-order valence-corrected chi connectivity index (χ4v) is 2.05. The number of ether oxygens (including phenoxy) is 1. The third-order valence-electron chi connectivity index (χ3n) is 2.57. The first kappa shape index (κ1) is 13.6. The lowest BCUT2D eigenvalue weighted by Crippen LogP contribution is -2.09. The van der Waals surface area contributed by atoms with Crippen LogP contribution in [0, 0.1) is 0 Å². The minimum Gasteiger partial charge on any atom is -0.456 e. The minimum absolute atomic E-state index is 0.164. The summed E-state index contributed by atoms with van der Waals surface area (Å²) in [4.78, 5) is 11.9. The third kappa shape index (κ3) is 3.35. The second-order valence-electron chi connectivity index (χ2n) is 3.99. The molecule has 0 spiro atoms. The van der Waals surface area contributed by atoms with Crippen molar-refractivity contribution in [1.29, 1.82) is 0 Å². The van der Waals surface area contributed by atoms with E-state index in [4.69, 9.17) is 10.5 Å². The molecule has 0 radical (unpaired) electrons. The molecule has 0 saturated carbocycles. The topological polar surface area (TPSA) is 70.1 Å². The fraction of sp³-hybridized carbons (Fsp3) is 0.231. The summed E-state index contributed by atoms with van der Waals surface area (Å²) >= 11 is 3.36. The van der Waals surface area contributed by atoms with E-state index in [0.29, 0.717) is 12.2 Å². The van der Waals surface area contributed by atoms with E-state index in [0.717, 1.165) is 10.0 Å². The summed E-state index contributed by atoms with van der Waals surface area (Å²) in [6.07, 6.45) is 1.62. The highest BCUT2D eigenvalue weighted by molar-refractivity contribution is 9.10. The highest BCUT2D eigenvalue weighted by atomic mass is 79.9. The van der Waals surface area contributed by atoms with Crippen LogP contribution in [0.4, 0.5) is 5.69 Å². The maximum Gasteiger partial charge on any atom is 0.361 e. The fourth-order valence-electron chi connectivity index (χ4n) is 1.60. The Bertz CT molecular complexity index is 595. The van der Waals surface area contributed by atoms with Crippen LogP contribution < -0.4 is 5.73 Å². The molecule has 0 amide bonds. The van der Waals surface area contributed by atoms with Crippen LogP contribution in [0.3, 0.4) is 0 Å². The number of nitrogen functional groups attached to an aromatic ring is 1. The van der Waals surface area contributed by atoms with Crippen LogP contribution in [0.1, 0.15) is 23.0 Å². The number of anilines is 1. The van der Waals surface area contributed by atoms with Gasteiger partial charge in [-0.05, 0) is 24.6 Å². The summed E-state index contributed by atoms with van der Waals surface area (Å²) in [7, 11) is 0. The first-order chi connectivity index (χ1) is 9.10. The van der Waals surface area contributed by atoms with Gasteiger partial charge in [0.25, 0.3) is 0 Å². The molecule has 1 aromatic carbocycles. The Morgan fingerprint density at radius 1 is 1.53 bits per heavy atom. The van der Waals surface area contributed by atoms with Crippen molar-refractivity contribution in [3.63, 3.8) is 0 Å². The summed E-state index contributed by atoms with van der Waals surface area (Å²) in [5.41, 5.74) is 7.12. The number of carbonyl (C=O) groups is 1. The molecule has 2 rings (SSSR count). The van der Waals surface area contributed by atoms with Gasteiger partial charge in [0.2, 0.25) is 0 Å². The number of esters is 1. The molecular formula is C13H14BrN3O2. The number of aryl methyl sites for hydroxylation is 1. The highest BCUT2D eigenvalue weighted by Gasteiger charge is 2.16. The normalized spacial score (nSPS) is 10.4. The second kappa shape index (κ2) is 5.88. The second-order valence-corrected chi connectivity index (χ2v) is 4.91. The van der Waals surface area contributed by atoms with Crippen molar-refractivity contribution >= 4 is 27.6 Å². The van der Waals surface area contributed by atoms with Crippen LogP contribution in [-0.2, 0) is 17.9 Å². The Morgan fingerprint density at radius 2 is 2.32 bits per heavy atom. The zero-order chi connectivity index (χ0) is 13.8. The molecule has 100 valence electrons. The molecule has 0 fully saturated rings. The van der Waals surface area contributed by atoms with Gasteiger partial charge >= 0.3 is 5.97 Å². The Labute approximate surface area is 119 Å². The maximum absolute atomic E-state index is 11.9. The van der Waals surface area contributed by atoms with E-state index < -0.39 is 5.97 Å². The van der Waals surface area contributed by atoms with Crippen molar-refractivity contribution in [1.82, 2.24) is 9.78 Å². The average Bonchev–Trinajstić information content (AvgIpc) is 2.77. The molecule has 0 saturated heterocycles. The predicted molar refractivity (Wildman–Crippen MR) is 75.6 cm³/mol. The van der Waals surface area contributed by atoms with Crippen molar-refractivity contribution in [2.45, 2.75) is 20.1 Å². The molecule has 0 aliphatic carbocycles. The van der Waals surface area contributed by atoms with Crippen molar-refractivity contribution in [2.24, 2.45) is 0 Å². The molecular weight excluding hydrogens is 310 g/mol. The minimum atomic E-state index is -0.510. The van der Waals surface area contributed by atoms with E-state index >= 15 is 0 Å². The van der Waals surface area contributed by atoms with E-state index in [1.165, 1.54) is 0 Å². The van der Waals surface area contributed by atoms with Crippen LogP contribution >= 0.6 is 15.9 Å². The van der Waals surface area contributed by atoms with Crippen molar-refractivity contribution in [3.05, 3.63) is 46.2 Å². The van der Waals surface area contributed by atoms with Gasteiger partial charge in [0.15, 0.2) is 5.69 Å². The van der Waals surface area contributed by atoms with Gasteiger partial charge in [0, 0.05) is 17.2 Å². The summed E-state index contributed by atoms with van der Waals surface area (Å²) in [6.45, 7) is 2.77. The number of hydrogen-bond acceptors (Lipinski definition) is 4. The number of benzene rings is 1. The Hall–Kier alpha value is -1.82. The van der Waals surface area contributed by atoms with Crippen molar-refractivity contribution in [3.8, 4) is 0 Å². The quantitative estimate of drug-likeness (QED) is 0.878. The van der Waals surface area contributed by atoms with Gasteiger partial charge in [-0.2, -0.15) is 5.10 Å². The lowest BCUT2D eigenvalue weighted by atomic mass is 10.2. The number of hydrogen-bond donors (Lipinski definition) is 1. The Balaban J connectivity index is 2.03. The molecule has 0 unspecified atom stereocenters. The molecule has 0 aliphatic heterocycles. The van der Waals surface area contributed by atoms with Gasteiger partial charge in [-0.15, -0.1) is 0 Å². The van der Waals surface area contributed by atoms with Gasteiger partial charge in [0.1, 0.15) is 6.61 Å². The number of rotatable bonds is 4. The van der Waals surface area contributed by atoms with E-state index in [9.17, 15) is 4.79 Å². The lowest BCUT2D eigenvalue weighted by Gasteiger charge is -2.04. The number of nitrogens with two attached hydrogens (primary N) is 1. The molecule has 5 nitrogen and oxygen atoms in total. The van der Waals surface area contributed by atoms with Gasteiger partial charge in [-0.1, -0.05) is 28.1 Å². The standard InChI is InChI=1S/C13H14BrN3O2/c1-2-17-7-11(15)12(16-17)13(18)19-8-9-4-3-5-10(14)6-9/h3-7H,2,8,15H2,1H3. The molecule has 2 aromatic rings. The average molecular weight is 324 g/mol. The van der Waals surface area contributed by atoms with Gasteiger partial charge in [0.05, 0.1) is 5.69 Å². The smallest absolute Gasteiger partial charge is 0.361 e. The molecule has 0 bridgehead atoms. The first-order valence-corrected chi connectivity index (χ1v) is 6.64. The number of carbonyl (C=O) groups excluding carboxylic acids is 1. The Kier molecular flexibility index (Phi) is 4.21. The molecule has 0 aliphatic rings. The van der Waals surface area contributed by atoms with Gasteiger partial charge in [-0.3, -0.25) is 4.68 Å². The molecule has 19 heavy (non-hydrogen) atoms. The summed E-state index contributed by atoms with van der Waals surface area (Å²) in [5, 5.41) is 4.07. The highest BCUT2D eigenvalue weighted by Crippen LogP contribution is 2.15. The van der Waals surface area contributed by atoms with Crippen molar-refractivity contribution in [2.75, 3.05) is 5.73 Å². The lowest BCUT2D eigenvalue weighted by molar-refractivity contribution is 0.0466. The van der Waals surface area contributed by atoms with Crippen molar-refractivity contribution < 1.29 is 9.53 Å². The largest absolute Gasteiger partial charge is 0.456 e. The molecule has 1 heterocycles. The van der Waals surface area contributed by atoms with Crippen LogP contribution in [0.25, 0.3) is 0 Å². The van der Waals surface area contributed by atoms with Crippen LogP contribution in [0.15, 0.2) is 34.9 Å². The summed E-state index contributed by atoms with van der Waals surface area (Å²) in [6, 6.07) is 7.56. The zero-order valence-corrected chi connectivity index (χ0v) is 12.1. The molecule has 0 atom stereocenters. The maximum atomic E-state index is 11.9. The van der Waals surface area contributed by atoms with Crippen LogP contribution in [0.2, 0.25) is 0 Å². The summed E-state index contributed by atoms with van der Waals surface area (Å²) < 4.78 is 7.73. The summed E-state index contributed by atoms with van der Waals surface area (Å²) in [5.74, 6) is -0.510. The SMILES string of the molecule is CCn1cc(N)c(C(=O)OCc2cccc(Br)c2)n1.